The molecule has 1 aliphatic heterocycles. The third-order valence-electron chi connectivity index (χ3n) is 4.21. The van der Waals surface area contributed by atoms with E-state index in [2.05, 4.69) is 4.98 Å². The van der Waals surface area contributed by atoms with Gasteiger partial charge in [-0.25, -0.2) is 9.78 Å². The van der Waals surface area contributed by atoms with Gasteiger partial charge in [-0.15, -0.1) is 11.3 Å². The van der Waals surface area contributed by atoms with Gasteiger partial charge in [0, 0.05) is 39.3 Å². The minimum absolute atomic E-state index is 0.0506. The van der Waals surface area contributed by atoms with Gasteiger partial charge in [-0.2, -0.15) is 0 Å². The lowest BCUT2D eigenvalue weighted by atomic mass is 10.2. The van der Waals surface area contributed by atoms with Crippen LogP contribution in [0.4, 0.5) is 4.79 Å². The molecule has 2 heterocycles. The standard InChI is InChI=1S/C16H26N4O2S/c1-5-13-17-12(4)14(23-13)15(21)19-8-10-20(11-9-19)16(22)18(6-2)7-3/h5-11H2,1-4H3. The van der Waals surface area contributed by atoms with Crippen molar-refractivity contribution in [1.29, 1.82) is 0 Å². The maximum absolute atomic E-state index is 12.7. The highest BCUT2D eigenvalue weighted by Gasteiger charge is 2.28. The Kier molecular flexibility index (Phi) is 5.98. The zero-order valence-electron chi connectivity index (χ0n) is 14.5. The number of thiazole rings is 1. The van der Waals surface area contributed by atoms with Crippen LogP contribution in [0.2, 0.25) is 0 Å². The van der Waals surface area contributed by atoms with E-state index in [0.29, 0.717) is 39.3 Å². The van der Waals surface area contributed by atoms with Crippen LogP contribution in [0.3, 0.4) is 0 Å². The highest BCUT2D eigenvalue weighted by Crippen LogP contribution is 2.21. The number of rotatable bonds is 4. The SMILES string of the molecule is CCc1nc(C)c(C(=O)N2CCN(C(=O)N(CC)CC)CC2)s1. The molecule has 0 saturated carbocycles. The lowest BCUT2D eigenvalue weighted by Crippen LogP contribution is -2.54. The maximum atomic E-state index is 12.7. The summed E-state index contributed by atoms with van der Waals surface area (Å²) in [5.74, 6) is 0.0506. The molecule has 1 saturated heterocycles. The van der Waals surface area contributed by atoms with Gasteiger partial charge in [0.1, 0.15) is 4.88 Å². The number of hydrogen-bond acceptors (Lipinski definition) is 4. The van der Waals surface area contributed by atoms with Crippen molar-refractivity contribution in [2.24, 2.45) is 0 Å². The van der Waals surface area contributed by atoms with Crippen LogP contribution in [-0.4, -0.2) is 70.9 Å². The average molecular weight is 338 g/mol. The number of amides is 3. The molecule has 0 radical (unpaired) electrons. The van der Waals surface area contributed by atoms with Gasteiger partial charge >= 0.3 is 6.03 Å². The summed E-state index contributed by atoms with van der Waals surface area (Å²) in [7, 11) is 0. The van der Waals surface area contributed by atoms with Gasteiger partial charge in [0.05, 0.1) is 10.7 Å². The number of piperazine rings is 1. The first-order chi connectivity index (χ1) is 11.0. The van der Waals surface area contributed by atoms with Crippen molar-refractivity contribution in [2.75, 3.05) is 39.3 Å². The molecule has 0 spiro atoms. The number of nitrogens with zero attached hydrogens (tertiary/aromatic N) is 4. The molecule has 1 aliphatic rings. The molecule has 6 nitrogen and oxygen atoms in total. The van der Waals surface area contributed by atoms with Crippen molar-refractivity contribution in [2.45, 2.75) is 34.1 Å². The quantitative estimate of drug-likeness (QED) is 0.846. The van der Waals surface area contributed by atoms with E-state index in [4.69, 9.17) is 0 Å². The van der Waals surface area contributed by atoms with Crippen LogP contribution in [0.5, 0.6) is 0 Å². The van der Waals surface area contributed by atoms with E-state index in [-0.39, 0.29) is 11.9 Å². The van der Waals surface area contributed by atoms with E-state index in [1.807, 2.05) is 42.4 Å². The number of carbonyl (C=O) groups is 2. The molecule has 0 N–H and O–H groups in total. The van der Waals surface area contributed by atoms with E-state index in [1.165, 1.54) is 11.3 Å². The summed E-state index contributed by atoms with van der Waals surface area (Å²) in [5, 5.41) is 1.00. The predicted octanol–water partition coefficient (Wildman–Crippen LogP) is 2.23. The topological polar surface area (TPSA) is 56.8 Å². The number of hydrogen-bond donors (Lipinski definition) is 0. The van der Waals surface area contributed by atoms with Crippen LogP contribution in [0.1, 0.15) is 41.1 Å². The van der Waals surface area contributed by atoms with E-state index in [9.17, 15) is 9.59 Å². The van der Waals surface area contributed by atoms with Crippen LogP contribution in [0, 0.1) is 6.92 Å². The summed E-state index contributed by atoms with van der Waals surface area (Å²) in [6.45, 7) is 11.7. The highest BCUT2D eigenvalue weighted by atomic mass is 32.1. The lowest BCUT2D eigenvalue weighted by Gasteiger charge is -2.37. The maximum Gasteiger partial charge on any atom is 0.320 e. The van der Waals surface area contributed by atoms with E-state index in [0.717, 1.165) is 22.0 Å². The predicted molar refractivity (Wildman–Crippen MR) is 92.0 cm³/mol. The summed E-state index contributed by atoms with van der Waals surface area (Å²) in [6, 6.07) is 0.0735. The molecule has 1 fully saturated rings. The first kappa shape index (κ1) is 17.7. The Morgan fingerprint density at radius 1 is 1.09 bits per heavy atom. The van der Waals surface area contributed by atoms with Gasteiger partial charge in [0.25, 0.3) is 5.91 Å². The number of aryl methyl sites for hydroxylation is 2. The normalized spacial score (nSPS) is 15.0. The fourth-order valence-corrected chi connectivity index (χ4v) is 3.71. The van der Waals surface area contributed by atoms with Gasteiger partial charge in [-0.05, 0) is 27.2 Å². The van der Waals surface area contributed by atoms with Gasteiger partial charge in [0.15, 0.2) is 0 Å². The summed E-state index contributed by atoms with van der Waals surface area (Å²) in [5.41, 5.74) is 0.818. The van der Waals surface area contributed by atoms with Crippen molar-refractivity contribution in [3.8, 4) is 0 Å². The van der Waals surface area contributed by atoms with Crippen LogP contribution >= 0.6 is 11.3 Å². The fraction of sp³-hybridized carbons (Fsp3) is 0.688. The Balaban J connectivity index is 1.97. The van der Waals surface area contributed by atoms with Gasteiger partial charge in [-0.1, -0.05) is 6.92 Å². The smallest absolute Gasteiger partial charge is 0.320 e. The van der Waals surface area contributed by atoms with E-state index >= 15 is 0 Å². The molecule has 0 aromatic carbocycles. The third-order valence-corrected chi connectivity index (χ3v) is 5.50. The summed E-state index contributed by atoms with van der Waals surface area (Å²) < 4.78 is 0. The van der Waals surface area contributed by atoms with Gasteiger partial charge in [0.2, 0.25) is 0 Å². The summed E-state index contributed by atoms with van der Waals surface area (Å²) >= 11 is 1.49. The van der Waals surface area contributed by atoms with Crippen molar-refractivity contribution in [3.63, 3.8) is 0 Å². The molecular formula is C16H26N4O2S. The number of urea groups is 1. The molecule has 0 atom stereocenters. The Morgan fingerprint density at radius 2 is 1.65 bits per heavy atom. The Bertz CT molecular complexity index is 560. The second-order valence-corrected chi connectivity index (χ2v) is 6.69. The van der Waals surface area contributed by atoms with Crippen molar-refractivity contribution in [3.05, 3.63) is 15.6 Å². The molecule has 23 heavy (non-hydrogen) atoms. The molecule has 1 aromatic rings. The Labute approximate surface area is 142 Å². The molecule has 0 aliphatic carbocycles. The largest absolute Gasteiger partial charge is 0.334 e. The second-order valence-electron chi connectivity index (χ2n) is 5.61. The molecule has 3 amide bonds. The van der Waals surface area contributed by atoms with Crippen molar-refractivity contribution >= 4 is 23.3 Å². The van der Waals surface area contributed by atoms with Crippen LogP contribution in [0.15, 0.2) is 0 Å². The van der Waals surface area contributed by atoms with Gasteiger partial charge < -0.3 is 14.7 Å². The molecule has 2 rings (SSSR count). The molecule has 0 unspecified atom stereocenters. The molecular weight excluding hydrogens is 312 g/mol. The van der Waals surface area contributed by atoms with Crippen LogP contribution < -0.4 is 0 Å². The summed E-state index contributed by atoms with van der Waals surface area (Å²) in [4.78, 5) is 35.7. The average Bonchev–Trinajstić information content (AvgIpc) is 2.96. The van der Waals surface area contributed by atoms with E-state index < -0.39 is 0 Å². The Hall–Kier alpha value is -1.63. The fourth-order valence-electron chi connectivity index (χ4n) is 2.74. The van der Waals surface area contributed by atoms with Crippen molar-refractivity contribution < 1.29 is 9.59 Å². The van der Waals surface area contributed by atoms with Crippen LogP contribution in [0.25, 0.3) is 0 Å². The van der Waals surface area contributed by atoms with Crippen molar-refractivity contribution in [1.82, 2.24) is 19.7 Å². The van der Waals surface area contributed by atoms with E-state index in [1.54, 1.807) is 0 Å². The molecule has 7 heteroatoms. The van der Waals surface area contributed by atoms with Crippen LogP contribution in [-0.2, 0) is 6.42 Å². The lowest BCUT2D eigenvalue weighted by molar-refractivity contribution is 0.0645. The van der Waals surface area contributed by atoms with Gasteiger partial charge in [-0.3, -0.25) is 4.79 Å². The molecule has 0 bridgehead atoms. The number of aromatic nitrogens is 1. The minimum Gasteiger partial charge on any atom is -0.334 e. The number of carbonyl (C=O) groups excluding carboxylic acids is 2. The Morgan fingerprint density at radius 3 is 2.13 bits per heavy atom. The highest BCUT2D eigenvalue weighted by molar-refractivity contribution is 7.13. The first-order valence-corrected chi connectivity index (χ1v) is 9.12. The monoisotopic (exact) mass is 338 g/mol. The first-order valence-electron chi connectivity index (χ1n) is 8.31. The zero-order chi connectivity index (χ0) is 17.0. The minimum atomic E-state index is 0.0506. The zero-order valence-corrected chi connectivity index (χ0v) is 15.3. The second kappa shape index (κ2) is 7.77. The summed E-state index contributed by atoms with van der Waals surface area (Å²) in [6.07, 6.45) is 0.852. The molecule has 1 aromatic heterocycles. The third kappa shape index (κ3) is 3.83. The molecule has 128 valence electrons.